The minimum atomic E-state index is -2.63. The van der Waals surface area contributed by atoms with E-state index in [-0.39, 0.29) is 17.0 Å². The van der Waals surface area contributed by atoms with Crippen LogP contribution in [0.4, 0.5) is 23.2 Å². The molecule has 1 spiro atoms. The number of halogens is 4. The number of fused-ring (bicyclic) bond motifs is 1. The van der Waals surface area contributed by atoms with Crippen molar-refractivity contribution in [3.63, 3.8) is 0 Å². The summed E-state index contributed by atoms with van der Waals surface area (Å²) in [6.45, 7) is 5.18. The Hall–Kier alpha value is -3.10. The van der Waals surface area contributed by atoms with Crippen LogP contribution in [0.5, 0.6) is 5.75 Å². The molecule has 2 saturated heterocycles. The smallest absolute Gasteiger partial charge is 0.251 e. The van der Waals surface area contributed by atoms with Gasteiger partial charge < -0.3 is 15.0 Å². The van der Waals surface area contributed by atoms with Crippen molar-refractivity contribution in [2.24, 2.45) is 5.41 Å². The number of benzene rings is 3. The molecular weight excluding hydrogens is 530 g/mol. The molecule has 3 aromatic carbocycles. The second kappa shape index (κ2) is 11.6. The molecule has 6 rings (SSSR count). The normalized spacial score (nSPS) is 22.3. The summed E-state index contributed by atoms with van der Waals surface area (Å²) in [5.41, 5.74) is 3.05. The van der Waals surface area contributed by atoms with E-state index in [1.165, 1.54) is 17.0 Å². The maximum Gasteiger partial charge on any atom is 0.251 e. The van der Waals surface area contributed by atoms with Crippen LogP contribution in [0, 0.1) is 17.0 Å². The SMILES string of the molecule is C[C@@H]1Cc2cc(OCc3ccccc3)ccc2C(c2c(F)cc(N3CC4(CCCNCC4)C3)cc2F)N1CC(F)F. The van der Waals surface area contributed by atoms with E-state index >= 15 is 8.78 Å². The van der Waals surface area contributed by atoms with Crippen molar-refractivity contribution in [2.45, 2.75) is 57.7 Å². The van der Waals surface area contributed by atoms with Gasteiger partial charge in [-0.1, -0.05) is 36.4 Å². The molecule has 0 radical (unpaired) electrons. The number of alkyl halides is 2. The van der Waals surface area contributed by atoms with Gasteiger partial charge in [-0.05, 0) is 86.7 Å². The van der Waals surface area contributed by atoms with Crippen molar-refractivity contribution < 1.29 is 22.3 Å². The van der Waals surface area contributed by atoms with Gasteiger partial charge in [-0.2, -0.15) is 0 Å². The number of hydrogen-bond donors (Lipinski definition) is 1. The molecule has 2 fully saturated rings. The molecule has 0 amide bonds. The first-order valence-corrected chi connectivity index (χ1v) is 14.6. The van der Waals surface area contributed by atoms with Crippen LogP contribution < -0.4 is 15.0 Å². The molecule has 8 heteroatoms. The lowest BCUT2D eigenvalue weighted by Gasteiger charge is -2.51. The molecule has 0 bridgehead atoms. The molecule has 0 saturated carbocycles. The van der Waals surface area contributed by atoms with E-state index in [9.17, 15) is 8.78 Å². The lowest BCUT2D eigenvalue weighted by atomic mass is 9.73. The summed E-state index contributed by atoms with van der Waals surface area (Å²) in [4.78, 5) is 3.57. The lowest BCUT2D eigenvalue weighted by Crippen LogP contribution is -2.56. The summed E-state index contributed by atoms with van der Waals surface area (Å²) in [7, 11) is 0. The van der Waals surface area contributed by atoms with Crippen molar-refractivity contribution in [2.75, 3.05) is 37.6 Å². The third-order valence-corrected chi connectivity index (χ3v) is 9.07. The summed E-state index contributed by atoms with van der Waals surface area (Å²) in [5, 5.41) is 3.43. The third kappa shape index (κ3) is 5.82. The molecule has 218 valence electrons. The average Bonchev–Trinajstić information content (AvgIpc) is 3.19. The van der Waals surface area contributed by atoms with Crippen molar-refractivity contribution >= 4 is 5.69 Å². The number of hydrogen-bond acceptors (Lipinski definition) is 4. The standard InChI is InChI=1S/C33H37F4N3O/c1-22-14-24-15-26(41-19-23-6-3-2-4-7-23)8-9-27(24)32(40(22)18-30(36)37)31-28(34)16-25(17-29(31)35)39-20-33(21-39)10-5-12-38-13-11-33/h2-4,6-9,15-17,22,30,32,38H,5,10-14,18-21H2,1H3/t22-,32?/m1/s1. The van der Waals surface area contributed by atoms with E-state index in [4.69, 9.17) is 4.74 Å². The Bertz CT molecular complexity index is 1330. The Kier molecular flexibility index (Phi) is 7.97. The van der Waals surface area contributed by atoms with E-state index in [1.807, 2.05) is 48.2 Å². The minimum absolute atomic E-state index is 0.172. The summed E-state index contributed by atoms with van der Waals surface area (Å²) >= 11 is 0. The number of rotatable bonds is 7. The molecule has 0 aromatic heterocycles. The van der Waals surface area contributed by atoms with Crippen LogP contribution in [0.2, 0.25) is 0 Å². The van der Waals surface area contributed by atoms with Crippen LogP contribution in [0.1, 0.15) is 54.5 Å². The second-order valence-electron chi connectivity index (χ2n) is 12.0. The van der Waals surface area contributed by atoms with Gasteiger partial charge in [0.2, 0.25) is 0 Å². The molecule has 3 heterocycles. The highest BCUT2D eigenvalue weighted by Gasteiger charge is 2.44. The zero-order valence-corrected chi connectivity index (χ0v) is 23.4. The quantitative estimate of drug-likeness (QED) is 0.321. The van der Waals surface area contributed by atoms with Gasteiger partial charge in [0.25, 0.3) is 6.43 Å². The predicted molar refractivity (Wildman–Crippen MR) is 153 cm³/mol. The first-order valence-electron chi connectivity index (χ1n) is 14.6. The summed E-state index contributed by atoms with van der Waals surface area (Å²) in [6, 6.07) is 16.7. The minimum Gasteiger partial charge on any atom is -0.489 e. The van der Waals surface area contributed by atoms with Crippen molar-refractivity contribution in [1.29, 1.82) is 0 Å². The summed E-state index contributed by atoms with van der Waals surface area (Å²) in [5.74, 6) is -0.757. The second-order valence-corrected chi connectivity index (χ2v) is 12.0. The maximum atomic E-state index is 15.9. The summed E-state index contributed by atoms with van der Waals surface area (Å²) < 4.78 is 65.3. The van der Waals surface area contributed by atoms with Gasteiger partial charge in [-0.25, -0.2) is 17.6 Å². The highest BCUT2D eigenvalue weighted by molar-refractivity contribution is 5.54. The van der Waals surface area contributed by atoms with Crippen LogP contribution in [-0.2, 0) is 13.0 Å². The molecule has 4 nitrogen and oxygen atoms in total. The van der Waals surface area contributed by atoms with Gasteiger partial charge in [0.1, 0.15) is 24.0 Å². The van der Waals surface area contributed by atoms with Crippen LogP contribution in [0.3, 0.4) is 0 Å². The maximum absolute atomic E-state index is 15.9. The van der Waals surface area contributed by atoms with Crippen LogP contribution >= 0.6 is 0 Å². The topological polar surface area (TPSA) is 27.7 Å². The Morgan fingerprint density at radius 2 is 1.73 bits per heavy atom. The molecule has 3 aliphatic heterocycles. The Balaban J connectivity index is 1.29. The summed E-state index contributed by atoms with van der Waals surface area (Å²) in [6.07, 6.45) is 1.12. The molecular formula is C33H37F4N3O. The Morgan fingerprint density at radius 1 is 0.976 bits per heavy atom. The highest BCUT2D eigenvalue weighted by atomic mass is 19.3. The molecule has 1 unspecified atom stereocenters. The average molecular weight is 568 g/mol. The number of anilines is 1. The van der Waals surface area contributed by atoms with Gasteiger partial charge in [-0.15, -0.1) is 0 Å². The Morgan fingerprint density at radius 3 is 2.46 bits per heavy atom. The van der Waals surface area contributed by atoms with E-state index < -0.39 is 30.6 Å². The van der Waals surface area contributed by atoms with E-state index in [1.54, 1.807) is 12.1 Å². The van der Waals surface area contributed by atoms with Crippen molar-refractivity contribution in [3.8, 4) is 5.75 Å². The fourth-order valence-corrected chi connectivity index (χ4v) is 6.96. The first-order chi connectivity index (χ1) is 19.8. The van der Waals surface area contributed by atoms with Crippen LogP contribution in [0.25, 0.3) is 0 Å². The predicted octanol–water partition coefficient (Wildman–Crippen LogP) is 6.72. The van der Waals surface area contributed by atoms with Gasteiger partial charge in [0, 0.05) is 35.8 Å². The van der Waals surface area contributed by atoms with Gasteiger partial charge >= 0.3 is 0 Å². The first kappa shape index (κ1) is 28.0. The fourth-order valence-electron chi connectivity index (χ4n) is 6.96. The molecule has 0 aliphatic carbocycles. The monoisotopic (exact) mass is 567 g/mol. The molecule has 2 atom stereocenters. The van der Waals surface area contributed by atoms with Gasteiger partial charge in [-0.3, -0.25) is 4.90 Å². The van der Waals surface area contributed by atoms with E-state index in [0.717, 1.165) is 56.6 Å². The lowest BCUT2D eigenvalue weighted by molar-refractivity contribution is 0.0444. The largest absolute Gasteiger partial charge is 0.489 e. The Labute approximate surface area is 239 Å². The zero-order chi connectivity index (χ0) is 28.6. The molecule has 41 heavy (non-hydrogen) atoms. The van der Waals surface area contributed by atoms with Crippen molar-refractivity contribution in [1.82, 2.24) is 10.2 Å². The molecule has 1 N–H and O–H groups in total. The van der Waals surface area contributed by atoms with Crippen molar-refractivity contribution in [3.05, 3.63) is 94.6 Å². The van der Waals surface area contributed by atoms with E-state index in [0.29, 0.717) is 30.0 Å². The molecule has 3 aromatic rings. The fraction of sp³-hybridized carbons (Fsp3) is 0.455. The number of ether oxygens (including phenoxy) is 1. The van der Waals surface area contributed by atoms with Crippen LogP contribution in [-0.4, -0.2) is 50.1 Å². The molecule has 3 aliphatic rings. The van der Waals surface area contributed by atoms with Gasteiger partial charge in [0.15, 0.2) is 0 Å². The van der Waals surface area contributed by atoms with E-state index in [2.05, 4.69) is 5.32 Å². The highest BCUT2D eigenvalue weighted by Crippen LogP contribution is 2.45. The zero-order valence-electron chi connectivity index (χ0n) is 23.4. The number of nitrogens with zero attached hydrogens (tertiary/aromatic N) is 2. The van der Waals surface area contributed by atoms with Gasteiger partial charge in [0.05, 0.1) is 12.6 Å². The number of nitrogens with one attached hydrogen (secondary N) is 1. The van der Waals surface area contributed by atoms with Crippen LogP contribution in [0.15, 0.2) is 60.7 Å². The third-order valence-electron chi connectivity index (χ3n) is 9.07.